The summed E-state index contributed by atoms with van der Waals surface area (Å²) in [5.41, 5.74) is 11.5. The summed E-state index contributed by atoms with van der Waals surface area (Å²) >= 11 is 0. The summed E-state index contributed by atoms with van der Waals surface area (Å²) in [6.07, 6.45) is 3.82. The molecule has 0 aliphatic rings. The molecule has 0 aliphatic carbocycles. The topological polar surface area (TPSA) is 74.3 Å². The number of nitrogens with zero attached hydrogens (tertiary/aromatic N) is 7. The molecule has 0 saturated carbocycles. The van der Waals surface area contributed by atoms with Crippen LogP contribution in [0.1, 0.15) is 52.7 Å². The number of para-hydroxylation sites is 1. The van der Waals surface area contributed by atoms with E-state index in [0.29, 0.717) is 17.5 Å². The maximum Gasteiger partial charge on any atom is 0.164 e. The molecule has 5 aromatic heterocycles. The second-order valence-electron chi connectivity index (χ2n) is 18.7. The van der Waals surface area contributed by atoms with E-state index in [9.17, 15) is 0 Å². The van der Waals surface area contributed by atoms with E-state index >= 15 is 0 Å². The number of fused-ring (bicyclic) bond motifs is 6. The van der Waals surface area contributed by atoms with Crippen LogP contribution < -0.4 is 0 Å². The number of rotatable bonds is 6. The highest BCUT2D eigenvalue weighted by Gasteiger charge is 2.24. The fourth-order valence-electron chi connectivity index (χ4n) is 9.01. The van der Waals surface area contributed by atoms with Gasteiger partial charge in [-0.2, -0.15) is 0 Å². The van der Waals surface area contributed by atoms with Crippen molar-refractivity contribution in [2.24, 2.45) is 0 Å². The van der Waals surface area contributed by atoms with Crippen LogP contribution in [0.5, 0.6) is 0 Å². The van der Waals surface area contributed by atoms with Crippen LogP contribution in [-0.2, 0) is 10.8 Å². The second-order valence-corrected chi connectivity index (χ2v) is 18.7. The zero-order valence-electron chi connectivity index (χ0n) is 36.9. The molecular weight excluding hydrogens is 783 g/mol. The van der Waals surface area contributed by atoms with Crippen LogP contribution in [0.4, 0.5) is 0 Å². The van der Waals surface area contributed by atoms with Crippen molar-refractivity contribution in [3.05, 3.63) is 187 Å². The molecule has 0 radical (unpaired) electrons. The van der Waals surface area contributed by atoms with Crippen molar-refractivity contribution in [3.63, 3.8) is 0 Å². The Kier molecular flexibility index (Phi) is 9.13. The van der Waals surface area contributed by atoms with Crippen LogP contribution in [0.25, 0.3) is 101 Å². The van der Waals surface area contributed by atoms with Gasteiger partial charge >= 0.3 is 0 Å². The Morgan fingerprint density at radius 3 is 1.39 bits per heavy atom. The predicted octanol–water partition coefficient (Wildman–Crippen LogP) is 14.1. The van der Waals surface area contributed by atoms with E-state index in [1.807, 2.05) is 73.1 Å². The smallest absolute Gasteiger partial charge is 0.164 e. The van der Waals surface area contributed by atoms with Gasteiger partial charge in [-0.15, -0.1) is 0 Å². The van der Waals surface area contributed by atoms with Gasteiger partial charge in [-0.3, -0.25) is 14.1 Å². The minimum absolute atomic E-state index is 0.0273. The number of hydrogen-bond donors (Lipinski definition) is 0. The lowest BCUT2D eigenvalue weighted by Gasteiger charge is -2.19. The largest absolute Gasteiger partial charge is 0.294 e. The normalized spacial score (nSPS) is 12.2. The van der Waals surface area contributed by atoms with E-state index in [-0.39, 0.29) is 10.8 Å². The predicted molar refractivity (Wildman–Crippen MR) is 263 cm³/mol. The lowest BCUT2D eigenvalue weighted by Crippen LogP contribution is -2.10. The van der Waals surface area contributed by atoms with Gasteiger partial charge in [0.1, 0.15) is 11.6 Å². The van der Waals surface area contributed by atoms with Crippen LogP contribution in [0.3, 0.4) is 0 Å². The Morgan fingerprint density at radius 2 is 0.828 bits per heavy atom. The molecule has 0 unspecified atom stereocenters. The van der Waals surface area contributed by atoms with Crippen molar-refractivity contribution in [1.29, 1.82) is 0 Å². The minimum atomic E-state index is -0.0273. The molecule has 7 heteroatoms. The SMILES string of the molecule is CC(C)(C)c1ccc2c(c1)c1cc(C(C)(C)C)ccc1n2-c1cc(-c2ccccc2-c2nc(-c3ccccc3)nc(-c3ccccc3)n2)cc(-n2c3ccccc3c3cnccc32)n1. The van der Waals surface area contributed by atoms with Crippen molar-refractivity contribution in [1.82, 2.24) is 34.1 Å². The van der Waals surface area contributed by atoms with E-state index in [1.165, 1.54) is 21.9 Å². The lowest BCUT2D eigenvalue weighted by atomic mass is 9.85. The van der Waals surface area contributed by atoms with Crippen LogP contribution in [0.2, 0.25) is 0 Å². The fraction of sp³-hybridized carbons (Fsp3) is 0.140. The quantitative estimate of drug-likeness (QED) is 0.167. The molecule has 0 amide bonds. The fourth-order valence-corrected chi connectivity index (χ4v) is 9.01. The maximum absolute atomic E-state index is 5.66. The molecule has 0 atom stereocenters. The zero-order valence-corrected chi connectivity index (χ0v) is 36.9. The molecular formula is C57H47N7. The summed E-state index contributed by atoms with van der Waals surface area (Å²) in [5.74, 6) is 3.41. The zero-order chi connectivity index (χ0) is 43.7. The number of hydrogen-bond acceptors (Lipinski definition) is 5. The van der Waals surface area contributed by atoms with E-state index in [2.05, 4.69) is 159 Å². The molecule has 11 rings (SSSR count). The first-order valence-electron chi connectivity index (χ1n) is 21.9. The summed E-state index contributed by atoms with van der Waals surface area (Å²) in [4.78, 5) is 25.6. The monoisotopic (exact) mass is 829 g/mol. The molecule has 310 valence electrons. The molecule has 0 aliphatic heterocycles. The second kappa shape index (κ2) is 15.0. The summed E-state index contributed by atoms with van der Waals surface area (Å²) in [6.45, 7) is 13.7. The Hall–Kier alpha value is -7.77. The summed E-state index contributed by atoms with van der Waals surface area (Å²) in [6, 6.07) is 57.6. The van der Waals surface area contributed by atoms with E-state index in [4.69, 9.17) is 19.9 Å². The van der Waals surface area contributed by atoms with Crippen LogP contribution in [-0.4, -0.2) is 34.1 Å². The number of pyridine rings is 2. The third-order valence-electron chi connectivity index (χ3n) is 12.4. The van der Waals surface area contributed by atoms with Gasteiger partial charge < -0.3 is 0 Å². The van der Waals surface area contributed by atoms with Gasteiger partial charge in [0.05, 0.1) is 22.1 Å². The summed E-state index contributed by atoms with van der Waals surface area (Å²) < 4.78 is 4.62. The Labute approximate surface area is 372 Å². The standard InChI is InChI=1S/C57H47N7/c1-56(2,3)39-25-27-48-44(33-39)45-34-40(57(4,5)6)26-28-49(45)64(48)52-32-38(31-51(59-52)63-47-24-16-15-22-42(47)46-35-58-30-29-50(46)63)41-21-13-14-23-43(41)55-61-53(36-17-9-7-10-18-36)60-54(62-55)37-19-11-8-12-20-37/h7-35H,1-6H3. The first-order chi connectivity index (χ1) is 31.0. The highest BCUT2D eigenvalue weighted by atomic mass is 15.1. The summed E-state index contributed by atoms with van der Waals surface area (Å²) in [7, 11) is 0. The van der Waals surface area contributed by atoms with Gasteiger partial charge in [-0.05, 0) is 81.6 Å². The van der Waals surface area contributed by atoms with Crippen LogP contribution in [0.15, 0.2) is 176 Å². The van der Waals surface area contributed by atoms with Crippen molar-refractivity contribution in [2.75, 3.05) is 0 Å². The summed E-state index contributed by atoms with van der Waals surface area (Å²) in [5, 5.41) is 4.60. The highest BCUT2D eigenvalue weighted by Crippen LogP contribution is 2.41. The molecule has 11 aromatic rings. The van der Waals surface area contributed by atoms with Crippen molar-refractivity contribution < 1.29 is 0 Å². The molecule has 6 aromatic carbocycles. The third-order valence-corrected chi connectivity index (χ3v) is 12.4. The van der Waals surface area contributed by atoms with Crippen LogP contribution in [0, 0.1) is 0 Å². The van der Waals surface area contributed by atoms with E-state index in [1.54, 1.807) is 0 Å². The average Bonchev–Trinajstić information content (AvgIpc) is 3.84. The van der Waals surface area contributed by atoms with Gasteiger partial charge in [0.2, 0.25) is 0 Å². The first kappa shape index (κ1) is 39.1. The van der Waals surface area contributed by atoms with E-state index in [0.717, 1.165) is 72.3 Å². The van der Waals surface area contributed by atoms with Crippen molar-refractivity contribution in [2.45, 2.75) is 52.4 Å². The number of aromatic nitrogens is 7. The third kappa shape index (κ3) is 6.72. The molecule has 0 spiro atoms. The van der Waals surface area contributed by atoms with Gasteiger partial charge in [0.25, 0.3) is 0 Å². The van der Waals surface area contributed by atoms with Gasteiger partial charge in [0, 0.05) is 50.6 Å². The number of benzene rings is 6. The van der Waals surface area contributed by atoms with Gasteiger partial charge in [-0.25, -0.2) is 19.9 Å². The maximum atomic E-state index is 5.66. The molecule has 0 N–H and O–H groups in total. The molecule has 0 bridgehead atoms. The highest BCUT2D eigenvalue weighted by molar-refractivity contribution is 6.10. The minimum Gasteiger partial charge on any atom is -0.294 e. The molecule has 64 heavy (non-hydrogen) atoms. The molecule has 7 nitrogen and oxygen atoms in total. The molecule has 5 heterocycles. The van der Waals surface area contributed by atoms with Gasteiger partial charge in [0.15, 0.2) is 17.5 Å². The molecule has 0 fully saturated rings. The van der Waals surface area contributed by atoms with Crippen LogP contribution >= 0.6 is 0 Å². The Bertz CT molecular complexity index is 3390. The Balaban J connectivity index is 1.22. The van der Waals surface area contributed by atoms with E-state index < -0.39 is 0 Å². The Morgan fingerprint density at radius 1 is 0.359 bits per heavy atom. The van der Waals surface area contributed by atoms with Crippen molar-refractivity contribution in [3.8, 4) is 56.9 Å². The lowest BCUT2D eigenvalue weighted by molar-refractivity contribution is 0.590. The molecule has 0 saturated heterocycles. The first-order valence-corrected chi connectivity index (χ1v) is 21.9. The average molecular weight is 830 g/mol. The van der Waals surface area contributed by atoms with Gasteiger partial charge in [-0.1, -0.05) is 157 Å². The van der Waals surface area contributed by atoms with Crippen molar-refractivity contribution >= 4 is 43.6 Å².